The van der Waals surface area contributed by atoms with Gasteiger partial charge in [-0.1, -0.05) is 82.0 Å². The molecule has 32 heavy (non-hydrogen) atoms. The van der Waals surface area contributed by atoms with Gasteiger partial charge in [0.1, 0.15) is 0 Å². The van der Waals surface area contributed by atoms with Gasteiger partial charge < -0.3 is 15.3 Å². The van der Waals surface area contributed by atoms with Crippen LogP contribution in [0.1, 0.15) is 98.3 Å². The molecule has 0 bridgehead atoms. The number of benzene rings is 1. The summed E-state index contributed by atoms with van der Waals surface area (Å²) >= 11 is 0. The highest BCUT2D eigenvalue weighted by Crippen LogP contribution is 2.30. The summed E-state index contributed by atoms with van der Waals surface area (Å²) in [5.41, 5.74) is 4.95. The first-order valence-electron chi connectivity index (χ1n) is 13.4. The molecule has 0 aliphatic heterocycles. The van der Waals surface area contributed by atoms with Crippen molar-refractivity contribution in [1.82, 2.24) is 0 Å². The third kappa shape index (κ3) is 9.44. The van der Waals surface area contributed by atoms with Crippen molar-refractivity contribution < 1.29 is 18.1 Å². The maximum atomic E-state index is 10.2. The van der Waals surface area contributed by atoms with Crippen LogP contribution in [0.2, 0.25) is 0 Å². The topological polar surface area (TPSA) is 60.7 Å². The molecule has 0 heterocycles. The van der Waals surface area contributed by atoms with Gasteiger partial charge in [0.2, 0.25) is 0 Å². The van der Waals surface area contributed by atoms with Gasteiger partial charge in [0.05, 0.1) is 18.3 Å². The zero-order chi connectivity index (χ0) is 25.1. The molecule has 0 amide bonds. The van der Waals surface area contributed by atoms with Crippen LogP contribution >= 0.6 is 0 Å². The van der Waals surface area contributed by atoms with Gasteiger partial charge in [-0.05, 0) is 73.3 Å². The minimum absolute atomic E-state index is 0.342. The quantitative estimate of drug-likeness (QED) is 0.305. The molecule has 0 radical (unpaired) electrons. The van der Waals surface area contributed by atoms with E-state index >= 15 is 0 Å². The molecule has 1 fully saturated rings. The standard InChI is InChI=1S/C29H44O3/c1-4-5-6-10-15-25(17-18-26-20-28(31)21-29(32)23(26)3)27-16-11-14-24(19-27)13-9-7-8-12-22(2)30/h11,14,16-19,22,28-32H,3-10,12-13,15,20-21H2,1-2H3/b25-17+,26-18?/t22?,28-,29+/m1/s1/i7D,9D/t7?,9?,22?,28-,29+. The van der Waals surface area contributed by atoms with Gasteiger partial charge in [0.25, 0.3) is 0 Å². The molecule has 1 saturated carbocycles. The van der Waals surface area contributed by atoms with E-state index in [2.05, 4.69) is 31.7 Å². The van der Waals surface area contributed by atoms with Crippen LogP contribution in [0.3, 0.4) is 0 Å². The zero-order valence-corrected chi connectivity index (χ0v) is 20.0. The summed E-state index contributed by atoms with van der Waals surface area (Å²) in [5.74, 6) is 0. The average Bonchev–Trinajstić information content (AvgIpc) is 2.79. The summed E-state index contributed by atoms with van der Waals surface area (Å²) in [6.07, 6.45) is 9.44. The minimum atomic E-state index is -0.694. The molecule has 3 heteroatoms. The fourth-order valence-corrected chi connectivity index (χ4v) is 4.10. The number of aliphatic hydroxyl groups excluding tert-OH is 3. The van der Waals surface area contributed by atoms with Crippen molar-refractivity contribution in [2.24, 2.45) is 0 Å². The van der Waals surface area contributed by atoms with E-state index in [1.54, 1.807) is 6.92 Å². The Morgan fingerprint density at radius 2 is 2.03 bits per heavy atom. The van der Waals surface area contributed by atoms with Crippen molar-refractivity contribution in [3.63, 3.8) is 0 Å². The molecular formula is C29H44O3. The fraction of sp³-hybridized carbons (Fsp3) is 0.586. The summed E-state index contributed by atoms with van der Waals surface area (Å²) in [4.78, 5) is 0. The Hall–Kier alpha value is -1.68. The smallest absolute Gasteiger partial charge is 0.0811 e. The summed E-state index contributed by atoms with van der Waals surface area (Å²) in [6, 6.07) is 8.27. The van der Waals surface area contributed by atoms with Crippen LogP contribution in [-0.2, 0) is 6.42 Å². The number of aryl methyl sites for hydroxylation is 1. The van der Waals surface area contributed by atoms with E-state index in [-0.39, 0.29) is 0 Å². The van der Waals surface area contributed by atoms with Crippen molar-refractivity contribution in [3.05, 3.63) is 65.3 Å². The van der Waals surface area contributed by atoms with Crippen molar-refractivity contribution in [2.75, 3.05) is 0 Å². The number of hydrogen-bond donors (Lipinski definition) is 3. The predicted octanol–water partition coefficient (Wildman–Crippen LogP) is 6.52. The van der Waals surface area contributed by atoms with Gasteiger partial charge >= 0.3 is 0 Å². The highest BCUT2D eigenvalue weighted by atomic mass is 16.3. The lowest BCUT2D eigenvalue weighted by molar-refractivity contribution is 0.0862. The highest BCUT2D eigenvalue weighted by molar-refractivity contribution is 5.68. The van der Waals surface area contributed by atoms with Crippen molar-refractivity contribution in [2.45, 2.75) is 109 Å². The van der Waals surface area contributed by atoms with Gasteiger partial charge in [0, 0.05) is 9.16 Å². The predicted molar refractivity (Wildman–Crippen MR) is 136 cm³/mol. The Kier molecular flexibility index (Phi) is 10.6. The number of rotatable bonds is 13. The molecule has 0 aromatic heterocycles. The Bertz CT molecular complexity index is 830. The Morgan fingerprint density at radius 1 is 1.22 bits per heavy atom. The van der Waals surface area contributed by atoms with Crippen LogP contribution in [-0.4, -0.2) is 33.6 Å². The number of unbranched alkanes of at least 4 members (excludes halogenated alkanes) is 3. The molecule has 1 aromatic rings. The monoisotopic (exact) mass is 442 g/mol. The number of hydrogen-bond acceptors (Lipinski definition) is 3. The van der Waals surface area contributed by atoms with E-state index in [9.17, 15) is 15.3 Å². The molecule has 1 aliphatic rings. The maximum Gasteiger partial charge on any atom is 0.0811 e. The highest BCUT2D eigenvalue weighted by Gasteiger charge is 2.24. The molecule has 0 saturated heterocycles. The van der Waals surface area contributed by atoms with Crippen molar-refractivity contribution in [1.29, 1.82) is 0 Å². The van der Waals surface area contributed by atoms with Crippen LogP contribution in [0.4, 0.5) is 0 Å². The second kappa shape index (κ2) is 14.5. The maximum absolute atomic E-state index is 10.2. The molecule has 178 valence electrons. The van der Waals surface area contributed by atoms with E-state index in [0.29, 0.717) is 37.7 Å². The Morgan fingerprint density at radius 3 is 2.78 bits per heavy atom. The molecule has 0 spiro atoms. The van der Waals surface area contributed by atoms with Crippen LogP contribution in [0.5, 0.6) is 0 Å². The summed E-state index contributed by atoms with van der Waals surface area (Å²) < 4.78 is 16.7. The lowest BCUT2D eigenvalue weighted by Crippen LogP contribution is -2.26. The molecule has 1 aliphatic carbocycles. The van der Waals surface area contributed by atoms with Gasteiger partial charge in [0.15, 0.2) is 0 Å². The summed E-state index contributed by atoms with van der Waals surface area (Å²) in [6.45, 7) is 7.95. The SMILES string of the molecule is [2H]C(CCC(C)O)C([2H])Cc1cccc(/C(=C/C=C2C[C@@H](O)C[C@H](O)C2=C)CCCCCC)c1. The number of allylic oxidation sites excluding steroid dienone is 3. The third-order valence-corrected chi connectivity index (χ3v) is 6.12. The van der Waals surface area contributed by atoms with E-state index in [1.165, 1.54) is 24.8 Å². The summed E-state index contributed by atoms with van der Waals surface area (Å²) in [5, 5.41) is 29.7. The largest absolute Gasteiger partial charge is 0.393 e. The van der Waals surface area contributed by atoms with E-state index in [4.69, 9.17) is 2.74 Å². The van der Waals surface area contributed by atoms with Gasteiger partial charge in [-0.3, -0.25) is 0 Å². The lowest BCUT2D eigenvalue weighted by atomic mass is 9.85. The van der Waals surface area contributed by atoms with Crippen LogP contribution < -0.4 is 0 Å². The first-order valence-corrected chi connectivity index (χ1v) is 12.3. The van der Waals surface area contributed by atoms with Crippen molar-refractivity contribution in [3.8, 4) is 0 Å². The molecule has 3 N–H and O–H groups in total. The van der Waals surface area contributed by atoms with E-state index < -0.39 is 31.1 Å². The molecule has 3 unspecified atom stereocenters. The minimum Gasteiger partial charge on any atom is -0.393 e. The van der Waals surface area contributed by atoms with E-state index in [0.717, 1.165) is 29.5 Å². The van der Waals surface area contributed by atoms with E-state index in [1.807, 2.05) is 18.2 Å². The lowest BCUT2D eigenvalue weighted by Gasteiger charge is -2.26. The molecule has 3 nitrogen and oxygen atoms in total. The van der Waals surface area contributed by atoms with Gasteiger partial charge in [-0.2, -0.15) is 0 Å². The molecule has 1 aromatic carbocycles. The summed E-state index contributed by atoms with van der Waals surface area (Å²) in [7, 11) is 0. The number of aliphatic hydroxyl groups is 3. The molecular weight excluding hydrogens is 396 g/mol. The van der Waals surface area contributed by atoms with Crippen LogP contribution in [0.25, 0.3) is 5.57 Å². The Balaban J connectivity index is 2.21. The second-order valence-electron chi connectivity index (χ2n) is 9.13. The zero-order valence-electron chi connectivity index (χ0n) is 22.0. The Labute approximate surface area is 198 Å². The van der Waals surface area contributed by atoms with Crippen LogP contribution in [0, 0.1) is 0 Å². The third-order valence-electron chi connectivity index (χ3n) is 6.12. The second-order valence-corrected chi connectivity index (χ2v) is 9.13. The fourth-order valence-electron chi connectivity index (χ4n) is 4.10. The molecule has 5 atom stereocenters. The van der Waals surface area contributed by atoms with Gasteiger partial charge in [-0.15, -0.1) is 0 Å². The van der Waals surface area contributed by atoms with Gasteiger partial charge in [-0.25, -0.2) is 0 Å². The first-order chi connectivity index (χ1) is 16.2. The average molecular weight is 443 g/mol. The normalized spacial score (nSPS) is 24.7. The van der Waals surface area contributed by atoms with Crippen LogP contribution in [0.15, 0.2) is 54.1 Å². The first kappa shape index (κ1) is 23.5. The van der Waals surface area contributed by atoms with Crippen molar-refractivity contribution >= 4 is 5.57 Å². The molecule has 2 rings (SSSR count).